The number of rotatable bonds is 8. The lowest BCUT2D eigenvalue weighted by atomic mass is 9.54. The molecule has 3 aromatic rings. The van der Waals surface area contributed by atoms with Gasteiger partial charge >= 0.3 is 5.97 Å². The third-order valence-electron chi connectivity index (χ3n) is 8.41. The molecule has 0 radical (unpaired) electrons. The molecular weight excluding hydrogens is 622 g/mol. The average molecular weight is 651 g/mol. The number of halogens is 2. The van der Waals surface area contributed by atoms with Crippen molar-refractivity contribution in [3.63, 3.8) is 0 Å². The van der Waals surface area contributed by atoms with Crippen molar-refractivity contribution >= 4 is 55.3 Å². The molecule has 7 rings (SSSR count). The van der Waals surface area contributed by atoms with Crippen LogP contribution >= 0.6 is 31.9 Å². The van der Waals surface area contributed by atoms with Crippen LogP contribution in [0.3, 0.4) is 0 Å². The predicted octanol–water partition coefficient (Wildman–Crippen LogP) is 7.22. The first-order chi connectivity index (χ1) is 18.8. The molecule has 3 aliphatic carbocycles. The zero-order valence-corrected chi connectivity index (χ0v) is 24.8. The number of anilines is 1. The van der Waals surface area contributed by atoms with E-state index < -0.39 is 26.5 Å². The lowest BCUT2D eigenvalue weighted by Crippen LogP contribution is -2.56. The van der Waals surface area contributed by atoms with Crippen molar-refractivity contribution in [3.8, 4) is 0 Å². The second-order valence-corrected chi connectivity index (χ2v) is 13.1. The summed E-state index contributed by atoms with van der Waals surface area (Å²) >= 11 is 8.05. The Hall–Kier alpha value is -2.77. The normalized spacial score (nSPS) is 26.3. The van der Waals surface area contributed by atoms with Gasteiger partial charge < -0.3 is 4.74 Å². The second-order valence-electron chi connectivity index (χ2n) is 10.6. The van der Waals surface area contributed by atoms with Gasteiger partial charge in [-0.25, -0.2) is 9.69 Å². The summed E-state index contributed by atoms with van der Waals surface area (Å²) in [7, 11) is 0. The summed E-state index contributed by atoms with van der Waals surface area (Å²) < 4.78 is 3.79. The molecule has 5 nitrogen and oxygen atoms in total. The van der Waals surface area contributed by atoms with Gasteiger partial charge in [0, 0.05) is 0 Å². The molecule has 1 heterocycles. The monoisotopic (exact) mass is 649 g/mol. The molecule has 1 fully saturated rings. The molecule has 2 bridgehead atoms. The third-order valence-corrected chi connectivity index (χ3v) is 11.1. The molecule has 0 spiro atoms. The zero-order chi connectivity index (χ0) is 27.4. The maximum atomic E-state index is 14.2. The standard InChI is InChI=1S/C32H29Br2NO4/c1-2-3-4-5-10-18-39-30(38)20-12-11-13-21(19-20)35-28(36)26-27(29(35)37)32(34)23-15-7-6-14-22(23)31(26,33)24-16-8-9-17-25(24)32/h6-9,11-17,19,26-27H,2-5,10,18H2,1H3/t26-,27-,31?,32?/m1/s1. The molecule has 0 unspecified atom stereocenters. The number of nitrogens with zero attached hydrogens (tertiary/aromatic N) is 1. The molecule has 3 aromatic carbocycles. The summed E-state index contributed by atoms with van der Waals surface area (Å²) in [5.74, 6) is -2.33. The number of esters is 1. The minimum Gasteiger partial charge on any atom is -0.462 e. The fraction of sp³-hybridized carbons (Fsp3) is 0.344. The van der Waals surface area contributed by atoms with Gasteiger partial charge in [0.25, 0.3) is 0 Å². The van der Waals surface area contributed by atoms with Crippen LogP contribution in [-0.2, 0) is 23.0 Å². The Morgan fingerprint density at radius 1 is 0.769 bits per heavy atom. The number of hydrogen-bond acceptors (Lipinski definition) is 4. The van der Waals surface area contributed by atoms with Gasteiger partial charge in [0.05, 0.1) is 38.3 Å². The average Bonchev–Trinajstić information content (AvgIpc) is 3.24. The van der Waals surface area contributed by atoms with Crippen molar-refractivity contribution in [3.05, 3.63) is 101 Å². The van der Waals surface area contributed by atoms with Crippen LogP contribution in [0, 0.1) is 11.8 Å². The summed E-state index contributed by atoms with van der Waals surface area (Å²) in [5, 5.41) is 0. The molecule has 0 aromatic heterocycles. The summed E-state index contributed by atoms with van der Waals surface area (Å²) in [6.45, 7) is 2.52. The van der Waals surface area contributed by atoms with Gasteiger partial charge in [-0.3, -0.25) is 9.59 Å². The fourth-order valence-corrected chi connectivity index (χ4v) is 8.95. The quantitative estimate of drug-likeness (QED) is 0.112. The van der Waals surface area contributed by atoms with Crippen molar-refractivity contribution in [1.29, 1.82) is 0 Å². The molecule has 0 saturated carbocycles. The molecule has 2 atom stereocenters. The number of carbonyl (C=O) groups is 3. The van der Waals surface area contributed by atoms with E-state index >= 15 is 0 Å². The van der Waals surface area contributed by atoms with E-state index in [1.807, 2.05) is 48.5 Å². The Bertz CT molecular complexity index is 1360. The van der Waals surface area contributed by atoms with E-state index in [4.69, 9.17) is 4.74 Å². The Morgan fingerprint density at radius 3 is 1.79 bits per heavy atom. The van der Waals surface area contributed by atoms with E-state index in [2.05, 4.69) is 38.8 Å². The van der Waals surface area contributed by atoms with E-state index in [9.17, 15) is 14.4 Å². The number of ether oxygens (including phenoxy) is 1. The van der Waals surface area contributed by atoms with E-state index in [-0.39, 0.29) is 11.8 Å². The molecule has 200 valence electrons. The minimum absolute atomic E-state index is 0.281. The van der Waals surface area contributed by atoms with E-state index in [0.717, 1.165) is 47.9 Å². The summed E-state index contributed by atoms with van der Waals surface area (Å²) in [6.07, 6.45) is 5.31. The van der Waals surface area contributed by atoms with Crippen LogP contribution < -0.4 is 4.90 Å². The molecule has 0 N–H and O–H groups in total. The molecule has 1 aliphatic heterocycles. The maximum Gasteiger partial charge on any atom is 0.338 e. The second kappa shape index (κ2) is 10.0. The Kier molecular flexibility index (Phi) is 6.79. The first kappa shape index (κ1) is 26.5. The van der Waals surface area contributed by atoms with Gasteiger partial charge in [-0.15, -0.1) is 0 Å². The van der Waals surface area contributed by atoms with Crippen LogP contribution in [0.5, 0.6) is 0 Å². The maximum absolute atomic E-state index is 14.2. The first-order valence-corrected chi connectivity index (χ1v) is 15.2. The number of unbranched alkanes of at least 4 members (excludes halogenated alkanes) is 4. The minimum atomic E-state index is -0.851. The lowest BCUT2D eigenvalue weighted by Gasteiger charge is -2.55. The molecule has 7 heteroatoms. The van der Waals surface area contributed by atoms with Crippen LogP contribution in [0.25, 0.3) is 0 Å². The van der Waals surface area contributed by atoms with Crippen molar-refractivity contribution in [2.75, 3.05) is 11.5 Å². The van der Waals surface area contributed by atoms with Crippen LogP contribution in [0.2, 0.25) is 0 Å². The molecular formula is C32H29Br2NO4. The molecule has 2 amide bonds. The van der Waals surface area contributed by atoms with Gasteiger partial charge in [0.15, 0.2) is 0 Å². The fourth-order valence-electron chi connectivity index (χ4n) is 6.65. The summed E-state index contributed by atoms with van der Waals surface area (Å²) in [4.78, 5) is 42.5. The van der Waals surface area contributed by atoms with Crippen LogP contribution in [0.4, 0.5) is 5.69 Å². The van der Waals surface area contributed by atoms with E-state index in [1.165, 1.54) is 11.3 Å². The van der Waals surface area contributed by atoms with E-state index in [0.29, 0.717) is 17.9 Å². The third kappa shape index (κ3) is 3.80. The van der Waals surface area contributed by atoms with Crippen molar-refractivity contribution < 1.29 is 19.1 Å². The predicted molar refractivity (Wildman–Crippen MR) is 157 cm³/mol. The molecule has 4 aliphatic rings. The Morgan fingerprint density at radius 2 is 1.28 bits per heavy atom. The number of benzene rings is 3. The topological polar surface area (TPSA) is 63.7 Å². The molecule has 39 heavy (non-hydrogen) atoms. The Balaban J connectivity index is 1.34. The smallest absolute Gasteiger partial charge is 0.338 e. The first-order valence-electron chi connectivity index (χ1n) is 13.6. The van der Waals surface area contributed by atoms with Gasteiger partial charge in [0.2, 0.25) is 11.8 Å². The number of carbonyl (C=O) groups excluding carboxylic acids is 3. The van der Waals surface area contributed by atoms with E-state index in [1.54, 1.807) is 24.3 Å². The van der Waals surface area contributed by atoms with Crippen molar-refractivity contribution in [2.45, 2.75) is 47.7 Å². The van der Waals surface area contributed by atoms with Crippen molar-refractivity contribution in [2.24, 2.45) is 11.8 Å². The Labute approximate surface area is 245 Å². The number of amides is 2. The lowest BCUT2D eigenvalue weighted by molar-refractivity contribution is -0.122. The van der Waals surface area contributed by atoms with Crippen LogP contribution in [0.1, 0.15) is 71.6 Å². The number of hydrogen-bond donors (Lipinski definition) is 0. The van der Waals surface area contributed by atoms with Crippen molar-refractivity contribution in [1.82, 2.24) is 0 Å². The summed E-state index contributed by atoms with van der Waals surface area (Å²) in [5.41, 5.74) is 4.66. The van der Waals surface area contributed by atoms with Crippen LogP contribution in [-0.4, -0.2) is 24.4 Å². The van der Waals surface area contributed by atoms with Gasteiger partial charge in [-0.2, -0.15) is 0 Å². The molecule has 1 saturated heterocycles. The number of imide groups is 1. The van der Waals surface area contributed by atoms with Gasteiger partial charge in [-0.1, -0.05) is 119 Å². The van der Waals surface area contributed by atoms with Gasteiger partial charge in [0.1, 0.15) is 0 Å². The van der Waals surface area contributed by atoms with Gasteiger partial charge in [-0.05, 0) is 46.9 Å². The highest BCUT2D eigenvalue weighted by Gasteiger charge is 2.72. The highest BCUT2D eigenvalue weighted by molar-refractivity contribution is 9.10. The largest absolute Gasteiger partial charge is 0.462 e. The highest BCUT2D eigenvalue weighted by atomic mass is 79.9. The van der Waals surface area contributed by atoms with Crippen LogP contribution in [0.15, 0.2) is 72.8 Å². The zero-order valence-electron chi connectivity index (χ0n) is 21.7. The number of alkyl halides is 2. The highest BCUT2D eigenvalue weighted by Crippen LogP contribution is 2.70. The SMILES string of the molecule is CCCCCCCOC(=O)c1cccc(N2C(=O)[C@H]3[C@H](C2=O)C2(Br)c4ccccc4C3(Br)c3ccccc32)c1. The summed E-state index contributed by atoms with van der Waals surface area (Å²) in [6, 6.07) is 22.7.